The van der Waals surface area contributed by atoms with E-state index in [-0.39, 0.29) is 6.04 Å². The molecule has 0 unspecified atom stereocenters. The van der Waals surface area contributed by atoms with E-state index in [0.29, 0.717) is 6.61 Å². The van der Waals surface area contributed by atoms with Crippen molar-refractivity contribution >= 4 is 37.5 Å². The van der Waals surface area contributed by atoms with E-state index in [1.165, 1.54) is 4.70 Å². The van der Waals surface area contributed by atoms with Crippen LogP contribution >= 0.6 is 27.3 Å². The molecule has 2 aromatic carbocycles. The summed E-state index contributed by atoms with van der Waals surface area (Å²) in [5.74, 6) is 0.804. The van der Waals surface area contributed by atoms with Crippen LogP contribution < -0.4 is 10.5 Å². The predicted octanol–water partition coefficient (Wildman–Crippen LogP) is 4.66. The van der Waals surface area contributed by atoms with Crippen molar-refractivity contribution in [3.63, 3.8) is 0 Å². The SMILES string of the molecule is C[C@H](N)c1ccc(Br)cc1OCc1nc2ccccc2s1. The zero-order valence-corrected chi connectivity index (χ0v) is 13.9. The van der Waals surface area contributed by atoms with Crippen LogP contribution in [0.25, 0.3) is 10.2 Å². The largest absolute Gasteiger partial charge is 0.486 e. The van der Waals surface area contributed by atoms with Crippen molar-refractivity contribution in [2.45, 2.75) is 19.6 Å². The number of nitrogens with two attached hydrogens (primary N) is 1. The molecule has 1 heterocycles. The number of aromatic nitrogens is 1. The van der Waals surface area contributed by atoms with Gasteiger partial charge in [0, 0.05) is 16.1 Å². The standard InChI is InChI=1S/C16H15BrN2OS/c1-10(18)12-7-6-11(17)8-14(12)20-9-16-19-13-4-2-3-5-15(13)21-16/h2-8,10H,9,18H2,1H3/t10-/m0/s1. The Hall–Kier alpha value is -1.43. The van der Waals surface area contributed by atoms with E-state index < -0.39 is 0 Å². The van der Waals surface area contributed by atoms with Gasteiger partial charge in [-0.15, -0.1) is 11.3 Å². The molecule has 3 nitrogen and oxygen atoms in total. The highest BCUT2D eigenvalue weighted by atomic mass is 79.9. The molecule has 0 aliphatic carbocycles. The van der Waals surface area contributed by atoms with E-state index in [4.69, 9.17) is 10.5 Å². The molecule has 1 atom stereocenters. The van der Waals surface area contributed by atoms with Gasteiger partial charge in [0.15, 0.2) is 0 Å². The van der Waals surface area contributed by atoms with Crippen molar-refractivity contribution in [1.82, 2.24) is 4.98 Å². The summed E-state index contributed by atoms with van der Waals surface area (Å²) in [7, 11) is 0. The van der Waals surface area contributed by atoms with Gasteiger partial charge in [-0.25, -0.2) is 4.98 Å². The molecule has 0 saturated heterocycles. The summed E-state index contributed by atoms with van der Waals surface area (Å²) in [4.78, 5) is 4.58. The van der Waals surface area contributed by atoms with Crippen molar-refractivity contribution in [1.29, 1.82) is 0 Å². The number of benzene rings is 2. The quantitative estimate of drug-likeness (QED) is 0.734. The van der Waals surface area contributed by atoms with E-state index >= 15 is 0 Å². The fourth-order valence-corrected chi connectivity index (χ4v) is 3.35. The van der Waals surface area contributed by atoms with Gasteiger partial charge in [0.25, 0.3) is 0 Å². The lowest BCUT2D eigenvalue weighted by molar-refractivity contribution is 0.301. The van der Waals surface area contributed by atoms with Crippen LogP contribution in [0.3, 0.4) is 0 Å². The summed E-state index contributed by atoms with van der Waals surface area (Å²) in [6.07, 6.45) is 0. The number of ether oxygens (including phenoxy) is 1. The Balaban J connectivity index is 1.82. The summed E-state index contributed by atoms with van der Waals surface area (Å²) in [6.45, 7) is 2.41. The lowest BCUT2D eigenvalue weighted by Gasteiger charge is -2.13. The van der Waals surface area contributed by atoms with Crippen LogP contribution in [0.1, 0.15) is 23.5 Å². The van der Waals surface area contributed by atoms with Gasteiger partial charge in [0.1, 0.15) is 17.4 Å². The minimum absolute atomic E-state index is 0.0662. The lowest BCUT2D eigenvalue weighted by Crippen LogP contribution is -2.08. The highest BCUT2D eigenvalue weighted by Gasteiger charge is 2.10. The van der Waals surface area contributed by atoms with Gasteiger partial charge in [-0.1, -0.05) is 34.1 Å². The van der Waals surface area contributed by atoms with Crippen molar-refractivity contribution < 1.29 is 4.74 Å². The van der Waals surface area contributed by atoms with Crippen LogP contribution in [0, 0.1) is 0 Å². The van der Waals surface area contributed by atoms with Crippen LogP contribution in [0.15, 0.2) is 46.9 Å². The fraction of sp³-hybridized carbons (Fsp3) is 0.188. The number of thiazole rings is 1. The highest BCUT2D eigenvalue weighted by Crippen LogP contribution is 2.29. The molecule has 1 aromatic heterocycles. The van der Waals surface area contributed by atoms with Gasteiger partial charge in [0.2, 0.25) is 0 Å². The molecule has 0 radical (unpaired) electrons. The smallest absolute Gasteiger partial charge is 0.140 e. The third-order valence-corrected chi connectivity index (χ3v) is 4.66. The highest BCUT2D eigenvalue weighted by molar-refractivity contribution is 9.10. The Bertz CT molecular complexity index is 737. The third kappa shape index (κ3) is 3.26. The molecule has 0 aliphatic heterocycles. The first kappa shape index (κ1) is 14.5. The molecule has 2 N–H and O–H groups in total. The van der Waals surface area contributed by atoms with E-state index in [1.807, 2.05) is 43.3 Å². The van der Waals surface area contributed by atoms with Crippen molar-refractivity contribution in [3.05, 3.63) is 57.5 Å². The number of hydrogen-bond acceptors (Lipinski definition) is 4. The Morgan fingerprint density at radius 3 is 2.86 bits per heavy atom. The van der Waals surface area contributed by atoms with Crippen molar-refractivity contribution in [3.8, 4) is 5.75 Å². The Labute approximate surface area is 135 Å². The summed E-state index contributed by atoms with van der Waals surface area (Å²) in [5.41, 5.74) is 8.00. The van der Waals surface area contributed by atoms with Gasteiger partial charge in [0.05, 0.1) is 10.2 Å². The molecule has 108 valence electrons. The Morgan fingerprint density at radius 2 is 2.10 bits per heavy atom. The van der Waals surface area contributed by atoms with Crippen LogP contribution in [-0.2, 0) is 6.61 Å². The second-order valence-electron chi connectivity index (χ2n) is 4.83. The molecule has 0 fully saturated rings. The number of rotatable bonds is 4. The summed E-state index contributed by atoms with van der Waals surface area (Å²) in [5, 5.41) is 0.965. The second-order valence-corrected chi connectivity index (χ2v) is 6.87. The van der Waals surface area contributed by atoms with Crippen LogP contribution in [-0.4, -0.2) is 4.98 Å². The second kappa shape index (κ2) is 6.13. The van der Waals surface area contributed by atoms with Crippen LogP contribution in [0.5, 0.6) is 5.75 Å². The monoisotopic (exact) mass is 362 g/mol. The third-order valence-electron chi connectivity index (χ3n) is 3.16. The van der Waals surface area contributed by atoms with Gasteiger partial charge >= 0.3 is 0 Å². The van der Waals surface area contributed by atoms with Gasteiger partial charge in [-0.3, -0.25) is 0 Å². The number of halogens is 1. The van der Waals surface area contributed by atoms with Gasteiger partial charge < -0.3 is 10.5 Å². The molecule has 0 spiro atoms. The Morgan fingerprint density at radius 1 is 1.29 bits per heavy atom. The van der Waals surface area contributed by atoms with E-state index in [9.17, 15) is 0 Å². The average Bonchev–Trinajstić information content (AvgIpc) is 2.87. The zero-order chi connectivity index (χ0) is 14.8. The number of fused-ring (bicyclic) bond motifs is 1. The molecule has 3 aromatic rings. The maximum absolute atomic E-state index is 5.99. The Kier molecular flexibility index (Phi) is 4.24. The molecule has 0 aliphatic rings. The number of hydrogen-bond donors (Lipinski definition) is 1. The summed E-state index contributed by atoms with van der Waals surface area (Å²) < 4.78 is 8.09. The number of para-hydroxylation sites is 1. The molecular formula is C16H15BrN2OS. The molecule has 21 heavy (non-hydrogen) atoms. The van der Waals surface area contributed by atoms with Crippen LogP contribution in [0.4, 0.5) is 0 Å². The molecule has 0 saturated carbocycles. The maximum atomic E-state index is 5.99. The van der Waals surface area contributed by atoms with Crippen LogP contribution in [0.2, 0.25) is 0 Å². The van der Waals surface area contributed by atoms with E-state index in [0.717, 1.165) is 26.3 Å². The van der Waals surface area contributed by atoms with Crippen molar-refractivity contribution in [2.75, 3.05) is 0 Å². The zero-order valence-electron chi connectivity index (χ0n) is 11.5. The minimum Gasteiger partial charge on any atom is -0.486 e. The molecule has 5 heteroatoms. The molecule has 3 rings (SSSR count). The minimum atomic E-state index is -0.0662. The normalized spacial score (nSPS) is 12.5. The molecule has 0 amide bonds. The fourth-order valence-electron chi connectivity index (χ4n) is 2.13. The predicted molar refractivity (Wildman–Crippen MR) is 90.7 cm³/mol. The first-order valence-electron chi connectivity index (χ1n) is 6.66. The van der Waals surface area contributed by atoms with E-state index in [2.05, 4.69) is 27.0 Å². The van der Waals surface area contributed by atoms with E-state index in [1.54, 1.807) is 11.3 Å². The summed E-state index contributed by atoms with van der Waals surface area (Å²) in [6, 6.07) is 14.0. The maximum Gasteiger partial charge on any atom is 0.140 e. The summed E-state index contributed by atoms with van der Waals surface area (Å²) >= 11 is 5.12. The van der Waals surface area contributed by atoms with Gasteiger partial charge in [-0.2, -0.15) is 0 Å². The molecular weight excluding hydrogens is 348 g/mol. The topological polar surface area (TPSA) is 48.1 Å². The lowest BCUT2D eigenvalue weighted by atomic mass is 10.1. The first-order valence-corrected chi connectivity index (χ1v) is 8.27. The number of nitrogens with zero attached hydrogens (tertiary/aromatic N) is 1. The first-order chi connectivity index (χ1) is 10.1. The molecule has 0 bridgehead atoms. The average molecular weight is 363 g/mol. The van der Waals surface area contributed by atoms with Crippen molar-refractivity contribution in [2.24, 2.45) is 5.73 Å². The van der Waals surface area contributed by atoms with Gasteiger partial charge in [-0.05, 0) is 31.2 Å².